The van der Waals surface area contributed by atoms with Crippen molar-refractivity contribution in [3.8, 4) is 0 Å². The SMILES string of the molecule is CC(CCl)CS(=O)(=O)c1ncc(Cl)cc1F. The molecule has 1 rings (SSSR count). The molecule has 0 N–H and O–H groups in total. The Morgan fingerprint density at radius 3 is 2.69 bits per heavy atom. The van der Waals surface area contributed by atoms with Crippen LogP contribution in [-0.2, 0) is 9.84 Å². The summed E-state index contributed by atoms with van der Waals surface area (Å²) in [6.45, 7) is 1.67. The summed E-state index contributed by atoms with van der Waals surface area (Å²) in [5.74, 6) is -1.24. The molecular weight excluding hydrogens is 276 g/mol. The van der Waals surface area contributed by atoms with Gasteiger partial charge in [0.15, 0.2) is 20.7 Å². The first-order valence-corrected chi connectivity index (χ1v) is 7.03. The molecule has 0 aliphatic rings. The summed E-state index contributed by atoms with van der Waals surface area (Å²) < 4.78 is 36.8. The standard InChI is InChI=1S/C9H10Cl2FNO2S/c1-6(3-10)5-16(14,15)9-8(12)2-7(11)4-13-9/h2,4,6H,3,5H2,1H3. The van der Waals surface area contributed by atoms with Gasteiger partial charge in [-0.15, -0.1) is 11.6 Å². The molecule has 0 aliphatic heterocycles. The van der Waals surface area contributed by atoms with Crippen molar-refractivity contribution in [3.63, 3.8) is 0 Å². The molecule has 7 heteroatoms. The molecule has 1 atom stereocenters. The van der Waals surface area contributed by atoms with Gasteiger partial charge in [-0.3, -0.25) is 0 Å². The van der Waals surface area contributed by atoms with Gasteiger partial charge in [-0.25, -0.2) is 17.8 Å². The summed E-state index contributed by atoms with van der Waals surface area (Å²) in [4.78, 5) is 3.50. The van der Waals surface area contributed by atoms with Crippen LogP contribution in [0.15, 0.2) is 17.3 Å². The number of pyridine rings is 1. The lowest BCUT2D eigenvalue weighted by Crippen LogP contribution is -2.17. The number of aromatic nitrogens is 1. The van der Waals surface area contributed by atoms with Crippen molar-refractivity contribution < 1.29 is 12.8 Å². The molecule has 16 heavy (non-hydrogen) atoms. The molecule has 1 aromatic heterocycles. The summed E-state index contributed by atoms with van der Waals surface area (Å²) in [7, 11) is -3.75. The van der Waals surface area contributed by atoms with Gasteiger partial charge >= 0.3 is 0 Å². The van der Waals surface area contributed by atoms with E-state index in [1.54, 1.807) is 6.92 Å². The summed E-state index contributed by atoms with van der Waals surface area (Å²) in [6.07, 6.45) is 1.10. The molecular formula is C9H10Cl2FNO2S. The quantitative estimate of drug-likeness (QED) is 0.799. The summed E-state index contributed by atoms with van der Waals surface area (Å²) in [6, 6.07) is 0.923. The zero-order chi connectivity index (χ0) is 12.3. The van der Waals surface area contributed by atoms with E-state index in [9.17, 15) is 12.8 Å². The van der Waals surface area contributed by atoms with Gasteiger partial charge < -0.3 is 0 Å². The van der Waals surface area contributed by atoms with Crippen LogP contribution in [0.25, 0.3) is 0 Å². The molecule has 0 saturated heterocycles. The van der Waals surface area contributed by atoms with Gasteiger partial charge in [-0.1, -0.05) is 18.5 Å². The average molecular weight is 286 g/mol. The maximum absolute atomic E-state index is 13.3. The van der Waals surface area contributed by atoms with Crippen LogP contribution in [0, 0.1) is 11.7 Å². The number of sulfone groups is 1. The largest absolute Gasteiger partial charge is 0.240 e. The summed E-state index contributed by atoms with van der Waals surface area (Å²) >= 11 is 11.0. The van der Waals surface area contributed by atoms with Crippen molar-refractivity contribution in [2.45, 2.75) is 11.9 Å². The van der Waals surface area contributed by atoms with Crippen LogP contribution in [0.3, 0.4) is 0 Å². The Hall–Kier alpha value is -0.390. The van der Waals surface area contributed by atoms with Crippen LogP contribution in [0.5, 0.6) is 0 Å². The van der Waals surface area contributed by atoms with Crippen molar-refractivity contribution in [1.29, 1.82) is 0 Å². The van der Waals surface area contributed by atoms with E-state index in [0.717, 1.165) is 12.3 Å². The highest BCUT2D eigenvalue weighted by Gasteiger charge is 2.23. The fourth-order valence-electron chi connectivity index (χ4n) is 1.13. The van der Waals surface area contributed by atoms with Gasteiger partial charge in [0.2, 0.25) is 0 Å². The summed E-state index contributed by atoms with van der Waals surface area (Å²) in [5, 5.41) is -0.518. The van der Waals surface area contributed by atoms with Crippen molar-refractivity contribution in [1.82, 2.24) is 4.98 Å². The number of hydrogen-bond donors (Lipinski definition) is 0. The second kappa shape index (κ2) is 5.29. The molecule has 0 bridgehead atoms. The van der Waals surface area contributed by atoms with Gasteiger partial charge in [0.05, 0.1) is 10.8 Å². The fourth-order valence-corrected chi connectivity index (χ4v) is 3.11. The van der Waals surface area contributed by atoms with Crippen molar-refractivity contribution in [2.75, 3.05) is 11.6 Å². The second-order valence-corrected chi connectivity index (χ2v) is 6.18. The van der Waals surface area contributed by atoms with E-state index in [1.165, 1.54) is 0 Å². The highest BCUT2D eigenvalue weighted by atomic mass is 35.5. The molecule has 1 aromatic rings. The van der Waals surface area contributed by atoms with Gasteiger partial charge in [-0.05, 0) is 12.0 Å². The molecule has 1 unspecified atom stereocenters. The van der Waals surface area contributed by atoms with Gasteiger partial charge in [0, 0.05) is 12.1 Å². The Labute approximate surface area is 104 Å². The zero-order valence-corrected chi connectivity index (χ0v) is 10.8. The van der Waals surface area contributed by atoms with Gasteiger partial charge in [-0.2, -0.15) is 0 Å². The number of rotatable bonds is 4. The Morgan fingerprint density at radius 2 is 2.19 bits per heavy atom. The lowest BCUT2D eigenvalue weighted by atomic mass is 10.3. The highest BCUT2D eigenvalue weighted by Crippen LogP contribution is 2.19. The highest BCUT2D eigenvalue weighted by molar-refractivity contribution is 7.91. The fraction of sp³-hybridized carbons (Fsp3) is 0.444. The topological polar surface area (TPSA) is 47.0 Å². The van der Waals surface area contributed by atoms with Crippen molar-refractivity contribution in [3.05, 3.63) is 23.1 Å². The predicted octanol–water partition coefficient (Wildman–Crippen LogP) is 2.52. The first kappa shape index (κ1) is 13.7. The van der Waals surface area contributed by atoms with E-state index in [4.69, 9.17) is 23.2 Å². The minimum absolute atomic E-state index is 0.0573. The third kappa shape index (κ3) is 3.30. The lowest BCUT2D eigenvalue weighted by Gasteiger charge is -2.08. The Balaban J connectivity index is 3.08. The van der Waals surface area contributed by atoms with Crippen molar-refractivity contribution in [2.24, 2.45) is 5.92 Å². The average Bonchev–Trinajstić information content (AvgIpc) is 2.16. The summed E-state index contributed by atoms with van der Waals surface area (Å²) in [5.41, 5.74) is 0. The van der Waals surface area contributed by atoms with E-state index >= 15 is 0 Å². The number of alkyl halides is 1. The minimum Gasteiger partial charge on any atom is -0.240 e. The van der Waals surface area contributed by atoms with E-state index in [2.05, 4.69) is 4.98 Å². The third-order valence-corrected chi connectivity index (χ3v) is 4.47. The van der Waals surface area contributed by atoms with Crippen LogP contribution in [-0.4, -0.2) is 25.0 Å². The Kier molecular flexibility index (Phi) is 4.52. The third-order valence-electron chi connectivity index (χ3n) is 1.84. The van der Waals surface area contributed by atoms with E-state index in [1.807, 2.05) is 0 Å². The van der Waals surface area contributed by atoms with E-state index in [-0.39, 0.29) is 22.6 Å². The molecule has 0 aromatic carbocycles. The van der Waals surface area contributed by atoms with Crippen LogP contribution in [0.4, 0.5) is 4.39 Å². The molecule has 1 heterocycles. The van der Waals surface area contributed by atoms with Gasteiger partial charge in [0.25, 0.3) is 0 Å². The smallest absolute Gasteiger partial charge is 0.198 e. The maximum Gasteiger partial charge on any atom is 0.198 e. The Morgan fingerprint density at radius 1 is 1.56 bits per heavy atom. The zero-order valence-electron chi connectivity index (χ0n) is 8.45. The number of hydrogen-bond acceptors (Lipinski definition) is 3. The van der Waals surface area contributed by atoms with Crippen LogP contribution >= 0.6 is 23.2 Å². The predicted molar refractivity (Wildman–Crippen MR) is 61.1 cm³/mol. The van der Waals surface area contributed by atoms with E-state index < -0.39 is 20.7 Å². The maximum atomic E-state index is 13.3. The number of halogens is 3. The van der Waals surface area contributed by atoms with Crippen LogP contribution in [0.1, 0.15) is 6.92 Å². The lowest BCUT2D eigenvalue weighted by molar-refractivity contribution is 0.547. The molecule has 90 valence electrons. The molecule has 0 saturated carbocycles. The Bertz CT molecular complexity index is 478. The molecule has 0 fully saturated rings. The van der Waals surface area contributed by atoms with Crippen LogP contribution in [0.2, 0.25) is 5.02 Å². The first-order chi connectivity index (χ1) is 7.36. The molecule has 0 amide bonds. The second-order valence-electron chi connectivity index (χ2n) is 3.48. The van der Waals surface area contributed by atoms with Gasteiger partial charge in [0.1, 0.15) is 0 Å². The number of nitrogens with zero attached hydrogens (tertiary/aromatic N) is 1. The molecule has 3 nitrogen and oxygen atoms in total. The molecule has 0 radical (unpaired) electrons. The normalized spacial score (nSPS) is 13.8. The van der Waals surface area contributed by atoms with Crippen LogP contribution < -0.4 is 0 Å². The molecule has 0 spiro atoms. The molecule has 0 aliphatic carbocycles. The van der Waals surface area contributed by atoms with E-state index in [0.29, 0.717) is 0 Å². The van der Waals surface area contributed by atoms with Crippen molar-refractivity contribution >= 4 is 33.0 Å². The minimum atomic E-state index is -3.75. The monoisotopic (exact) mass is 285 g/mol. The first-order valence-electron chi connectivity index (χ1n) is 4.46.